The number of hydrogen-bond acceptors (Lipinski definition) is 3. The summed E-state index contributed by atoms with van der Waals surface area (Å²) in [6.45, 7) is 0. The second-order valence-corrected chi connectivity index (χ2v) is 17.6. The molecule has 14 aromatic rings. The summed E-state index contributed by atoms with van der Waals surface area (Å²) in [6.07, 6.45) is 0. The summed E-state index contributed by atoms with van der Waals surface area (Å²) in [5, 5.41) is 6.90. The minimum atomic E-state index is 0.543. The molecule has 6 heteroatoms. The van der Waals surface area contributed by atoms with Gasteiger partial charge in [0.1, 0.15) is 0 Å². The predicted molar refractivity (Wildman–Crippen MR) is 285 cm³/mol. The van der Waals surface area contributed by atoms with Gasteiger partial charge in [-0.15, -0.1) is 0 Å². The van der Waals surface area contributed by atoms with E-state index in [2.05, 4.69) is 238 Å². The molecule has 0 amide bonds. The summed E-state index contributed by atoms with van der Waals surface area (Å²) >= 11 is 0. The van der Waals surface area contributed by atoms with Gasteiger partial charge in [-0.2, -0.15) is 9.97 Å². The Kier molecular flexibility index (Phi) is 8.79. The Labute approximate surface area is 397 Å². The van der Waals surface area contributed by atoms with E-state index in [-0.39, 0.29) is 0 Å². The molecule has 4 heterocycles. The van der Waals surface area contributed by atoms with Crippen LogP contribution in [0.4, 0.5) is 0 Å². The first-order chi connectivity index (χ1) is 34.2. The fourth-order valence-corrected chi connectivity index (χ4v) is 10.6. The number of fused-ring (bicyclic) bond motifs is 10. The maximum atomic E-state index is 5.53. The molecular formula is C63H40N6. The van der Waals surface area contributed by atoms with Crippen LogP contribution >= 0.6 is 0 Å². The average molecular weight is 881 g/mol. The summed E-state index contributed by atoms with van der Waals surface area (Å²) in [5.41, 5.74) is 15.0. The summed E-state index contributed by atoms with van der Waals surface area (Å²) < 4.78 is 7.07. The molecular weight excluding hydrogens is 841 g/mol. The van der Waals surface area contributed by atoms with E-state index < -0.39 is 0 Å². The summed E-state index contributed by atoms with van der Waals surface area (Å²) in [5.74, 6) is 1.73. The SMILES string of the molecule is c1ccc(-c2cc(-c3ccccc3)cc(-n3c4ccccc4c4ccc5c6ccccc6n(-c6nc(-c7ccccc7)nc(-c7ccc8c9ccccc9n(-c9ccccc9)c8c7)n6)c5c43)c2)cc1. The Bertz CT molecular complexity index is 4230. The monoisotopic (exact) mass is 880 g/mol. The van der Waals surface area contributed by atoms with Gasteiger partial charge in [0.05, 0.1) is 33.1 Å². The summed E-state index contributed by atoms with van der Waals surface area (Å²) in [6, 6.07) is 86.4. The van der Waals surface area contributed by atoms with E-state index in [4.69, 9.17) is 15.0 Å². The van der Waals surface area contributed by atoms with Crippen molar-refractivity contribution in [1.29, 1.82) is 0 Å². The smallest absolute Gasteiger partial charge is 0.238 e. The highest BCUT2D eigenvalue weighted by atomic mass is 15.2. The van der Waals surface area contributed by atoms with E-state index in [1.54, 1.807) is 0 Å². The lowest BCUT2D eigenvalue weighted by Crippen LogP contribution is -2.07. The second kappa shape index (κ2) is 15.6. The van der Waals surface area contributed by atoms with Crippen LogP contribution in [0.25, 0.3) is 128 Å². The first-order valence-electron chi connectivity index (χ1n) is 23.4. The minimum Gasteiger partial charge on any atom is -0.309 e. The fraction of sp³-hybridized carbons (Fsp3) is 0. The van der Waals surface area contributed by atoms with Gasteiger partial charge >= 0.3 is 0 Å². The van der Waals surface area contributed by atoms with Crippen LogP contribution in [0.15, 0.2) is 243 Å². The molecule has 322 valence electrons. The molecule has 0 atom stereocenters. The molecule has 10 aromatic carbocycles. The molecule has 14 rings (SSSR count). The van der Waals surface area contributed by atoms with E-state index in [0.29, 0.717) is 17.6 Å². The lowest BCUT2D eigenvalue weighted by molar-refractivity contribution is 0.953. The highest BCUT2D eigenvalue weighted by molar-refractivity contribution is 6.24. The summed E-state index contributed by atoms with van der Waals surface area (Å²) in [4.78, 5) is 16.3. The fourth-order valence-electron chi connectivity index (χ4n) is 10.6. The van der Waals surface area contributed by atoms with Gasteiger partial charge in [-0.05, 0) is 76.9 Å². The molecule has 69 heavy (non-hydrogen) atoms. The minimum absolute atomic E-state index is 0.543. The number of benzene rings is 10. The van der Waals surface area contributed by atoms with Crippen molar-refractivity contribution in [3.8, 4) is 62.4 Å². The van der Waals surface area contributed by atoms with Crippen LogP contribution in [0, 0.1) is 0 Å². The van der Waals surface area contributed by atoms with Crippen LogP contribution in [0.2, 0.25) is 0 Å². The van der Waals surface area contributed by atoms with Gasteiger partial charge in [0.15, 0.2) is 11.6 Å². The van der Waals surface area contributed by atoms with Crippen molar-refractivity contribution in [3.05, 3.63) is 243 Å². The third-order valence-electron chi connectivity index (χ3n) is 13.7. The van der Waals surface area contributed by atoms with Crippen LogP contribution < -0.4 is 0 Å². The molecule has 0 unspecified atom stereocenters. The van der Waals surface area contributed by atoms with Gasteiger partial charge < -0.3 is 9.13 Å². The highest BCUT2D eigenvalue weighted by Gasteiger charge is 2.24. The van der Waals surface area contributed by atoms with E-state index >= 15 is 0 Å². The maximum absolute atomic E-state index is 5.53. The third kappa shape index (κ3) is 6.23. The Hall–Kier alpha value is -9.39. The van der Waals surface area contributed by atoms with Gasteiger partial charge in [0.25, 0.3) is 0 Å². The van der Waals surface area contributed by atoms with Crippen molar-refractivity contribution in [2.45, 2.75) is 0 Å². The van der Waals surface area contributed by atoms with Crippen molar-refractivity contribution in [2.24, 2.45) is 0 Å². The number of para-hydroxylation sites is 4. The number of nitrogens with zero attached hydrogens (tertiary/aromatic N) is 6. The third-order valence-corrected chi connectivity index (χ3v) is 13.7. The first kappa shape index (κ1) is 38.8. The topological polar surface area (TPSA) is 53.5 Å². The van der Waals surface area contributed by atoms with E-state index in [9.17, 15) is 0 Å². The molecule has 0 aliphatic heterocycles. The summed E-state index contributed by atoms with van der Waals surface area (Å²) in [7, 11) is 0. The van der Waals surface area contributed by atoms with Crippen molar-refractivity contribution in [3.63, 3.8) is 0 Å². The number of aromatic nitrogens is 6. The van der Waals surface area contributed by atoms with Crippen molar-refractivity contribution in [2.75, 3.05) is 0 Å². The molecule has 0 spiro atoms. The normalized spacial score (nSPS) is 11.8. The van der Waals surface area contributed by atoms with Crippen molar-refractivity contribution >= 4 is 65.4 Å². The number of hydrogen-bond donors (Lipinski definition) is 0. The van der Waals surface area contributed by atoms with Crippen molar-refractivity contribution in [1.82, 2.24) is 28.7 Å². The molecule has 0 radical (unpaired) electrons. The van der Waals surface area contributed by atoms with Gasteiger partial charge in [-0.1, -0.05) is 188 Å². The lowest BCUT2D eigenvalue weighted by atomic mass is 9.98. The van der Waals surface area contributed by atoms with Gasteiger partial charge in [0.2, 0.25) is 5.95 Å². The van der Waals surface area contributed by atoms with E-state index in [1.165, 1.54) is 16.2 Å². The van der Waals surface area contributed by atoms with Crippen LogP contribution in [-0.4, -0.2) is 28.7 Å². The maximum Gasteiger partial charge on any atom is 0.238 e. The zero-order valence-corrected chi connectivity index (χ0v) is 37.3. The predicted octanol–water partition coefficient (Wildman–Crippen LogP) is 15.8. The standard InChI is InChI=1S/C63H40N6/c1-5-19-41(20-6-1)45-37-46(42-21-7-2-8-22-42)39-48(38-45)68-56-31-17-14-28-50(56)53-35-36-54-51-29-15-18-32-57(51)69(60(54)59(53)68)63-65-61(43-23-9-3-10-24-43)64-62(66-63)44-33-34-52-49-27-13-16-30-55(49)67(58(52)40-44)47-25-11-4-12-26-47/h1-40H. The van der Waals surface area contributed by atoms with Gasteiger partial charge in [-0.3, -0.25) is 4.57 Å². The molecule has 0 aliphatic carbocycles. The molecule has 4 aromatic heterocycles. The largest absolute Gasteiger partial charge is 0.309 e. The van der Waals surface area contributed by atoms with Crippen LogP contribution in [-0.2, 0) is 0 Å². The first-order valence-corrected chi connectivity index (χ1v) is 23.4. The van der Waals surface area contributed by atoms with Gasteiger partial charge in [0, 0.05) is 54.8 Å². The molecule has 0 N–H and O–H groups in total. The van der Waals surface area contributed by atoms with Crippen LogP contribution in [0.3, 0.4) is 0 Å². The Morgan fingerprint density at radius 3 is 1.23 bits per heavy atom. The van der Waals surface area contributed by atoms with Gasteiger partial charge in [-0.25, -0.2) is 4.98 Å². The van der Waals surface area contributed by atoms with Crippen molar-refractivity contribution < 1.29 is 0 Å². The quantitative estimate of drug-likeness (QED) is 0.160. The van der Waals surface area contributed by atoms with Crippen LogP contribution in [0.1, 0.15) is 0 Å². The van der Waals surface area contributed by atoms with E-state index in [1.807, 2.05) is 18.2 Å². The molecule has 6 nitrogen and oxygen atoms in total. The molecule has 0 saturated heterocycles. The lowest BCUT2D eigenvalue weighted by Gasteiger charge is -2.16. The second-order valence-electron chi connectivity index (χ2n) is 17.6. The van der Waals surface area contributed by atoms with Crippen LogP contribution in [0.5, 0.6) is 0 Å². The highest BCUT2D eigenvalue weighted by Crippen LogP contribution is 2.43. The zero-order chi connectivity index (χ0) is 45.4. The molecule has 0 bridgehead atoms. The van der Waals surface area contributed by atoms with E-state index in [0.717, 1.165) is 94.0 Å². The zero-order valence-electron chi connectivity index (χ0n) is 37.3. The molecule has 0 fully saturated rings. The Morgan fingerprint density at radius 2 is 0.652 bits per heavy atom. The Morgan fingerprint density at radius 1 is 0.232 bits per heavy atom. The average Bonchev–Trinajstić information content (AvgIpc) is 4.07. The number of rotatable bonds is 7. The molecule has 0 saturated carbocycles. The molecule has 0 aliphatic rings. The Balaban J connectivity index is 1.08.